The van der Waals surface area contributed by atoms with Crippen molar-refractivity contribution in [3.8, 4) is 0 Å². The molecule has 2 rings (SSSR count). The van der Waals surface area contributed by atoms with Crippen molar-refractivity contribution < 1.29 is 13.2 Å². The molecule has 0 bridgehead atoms. The van der Waals surface area contributed by atoms with E-state index in [0.717, 1.165) is 4.31 Å². The molecule has 24 heavy (non-hydrogen) atoms. The van der Waals surface area contributed by atoms with E-state index in [1.165, 1.54) is 25.1 Å². The van der Waals surface area contributed by atoms with Crippen LogP contribution in [0, 0.1) is 0 Å². The van der Waals surface area contributed by atoms with Crippen molar-refractivity contribution in [2.24, 2.45) is 0 Å². The van der Waals surface area contributed by atoms with Crippen LogP contribution in [-0.2, 0) is 14.8 Å². The molecule has 0 aromatic heterocycles. The van der Waals surface area contributed by atoms with E-state index in [4.69, 9.17) is 34.8 Å². The lowest BCUT2D eigenvalue weighted by molar-refractivity contribution is -0.112. The molecular weight excluding hydrogens is 460 g/mol. The summed E-state index contributed by atoms with van der Waals surface area (Å²) in [4.78, 5) is 11.5. The van der Waals surface area contributed by atoms with Crippen molar-refractivity contribution in [1.82, 2.24) is 0 Å². The summed E-state index contributed by atoms with van der Waals surface area (Å²) in [5, 5.41) is -0.631. The van der Waals surface area contributed by atoms with Gasteiger partial charge in [0.05, 0.1) is 10.7 Å². The van der Waals surface area contributed by atoms with Gasteiger partial charge in [0.15, 0.2) is 0 Å². The lowest BCUT2D eigenvalue weighted by Gasteiger charge is -2.29. The maximum atomic E-state index is 13.2. The third-order valence-corrected chi connectivity index (χ3v) is 6.79. The van der Waals surface area contributed by atoms with E-state index in [0.29, 0.717) is 4.47 Å². The van der Waals surface area contributed by atoms with Crippen LogP contribution in [0.15, 0.2) is 51.8 Å². The van der Waals surface area contributed by atoms with Crippen molar-refractivity contribution >= 4 is 71.7 Å². The van der Waals surface area contributed by atoms with Crippen molar-refractivity contribution in [1.29, 1.82) is 0 Å². The number of anilines is 1. The van der Waals surface area contributed by atoms with E-state index >= 15 is 0 Å². The summed E-state index contributed by atoms with van der Waals surface area (Å²) in [6.45, 7) is 1.39. The maximum Gasteiger partial charge on any atom is 0.266 e. The molecule has 9 heteroatoms. The molecule has 1 unspecified atom stereocenters. The van der Waals surface area contributed by atoms with E-state index in [1.807, 2.05) is 0 Å². The summed E-state index contributed by atoms with van der Waals surface area (Å²) >= 11 is 20.8. The van der Waals surface area contributed by atoms with Crippen LogP contribution in [0.2, 0.25) is 10.0 Å². The molecule has 0 aliphatic rings. The van der Waals surface area contributed by atoms with Gasteiger partial charge in [-0.2, -0.15) is 0 Å². The maximum absolute atomic E-state index is 13.2. The number of carbonyl (C=O) groups excluding carboxylic acids is 1. The lowest BCUT2D eigenvalue weighted by Crippen LogP contribution is -2.42. The first kappa shape index (κ1) is 19.5. The molecule has 0 saturated carbocycles. The van der Waals surface area contributed by atoms with E-state index in [9.17, 15) is 13.2 Å². The zero-order valence-corrected chi connectivity index (χ0v) is 16.9. The highest BCUT2D eigenvalue weighted by atomic mass is 79.9. The van der Waals surface area contributed by atoms with Gasteiger partial charge in [0.1, 0.15) is 10.9 Å². The van der Waals surface area contributed by atoms with Crippen molar-refractivity contribution in [2.75, 3.05) is 4.31 Å². The van der Waals surface area contributed by atoms with Crippen LogP contribution in [0.1, 0.15) is 6.92 Å². The molecule has 0 heterocycles. The number of hydrogen-bond acceptors (Lipinski definition) is 3. The molecule has 128 valence electrons. The fourth-order valence-corrected chi connectivity index (χ4v) is 5.18. The van der Waals surface area contributed by atoms with Gasteiger partial charge in [-0.05, 0) is 64.8 Å². The summed E-state index contributed by atoms with van der Waals surface area (Å²) in [5.41, 5.74) is 0.259. The molecule has 1 atom stereocenters. The second-order valence-electron chi connectivity index (χ2n) is 4.81. The number of hydrogen-bond donors (Lipinski definition) is 0. The monoisotopic (exact) mass is 469 g/mol. The number of benzene rings is 2. The summed E-state index contributed by atoms with van der Waals surface area (Å²) in [5.74, 6) is 0. The third-order valence-electron chi connectivity index (χ3n) is 3.20. The van der Waals surface area contributed by atoms with Crippen LogP contribution in [0.5, 0.6) is 0 Å². The normalized spacial score (nSPS) is 12.7. The smallest absolute Gasteiger partial charge is 0.266 e. The van der Waals surface area contributed by atoms with E-state index in [1.54, 1.807) is 24.3 Å². The van der Waals surface area contributed by atoms with E-state index in [-0.39, 0.29) is 20.6 Å². The van der Waals surface area contributed by atoms with Crippen LogP contribution in [0.25, 0.3) is 0 Å². The van der Waals surface area contributed by atoms with Crippen LogP contribution in [-0.4, -0.2) is 19.7 Å². The van der Waals surface area contributed by atoms with Gasteiger partial charge >= 0.3 is 0 Å². The number of para-hydroxylation sites is 1. The van der Waals surface area contributed by atoms with Crippen molar-refractivity contribution in [2.45, 2.75) is 17.9 Å². The largest absolute Gasteiger partial charge is 0.279 e. The molecule has 0 fully saturated rings. The number of rotatable bonds is 5. The van der Waals surface area contributed by atoms with Gasteiger partial charge in [0.2, 0.25) is 5.24 Å². The zero-order chi connectivity index (χ0) is 18.1. The molecule has 0 radical (unpaired) electrons. The molecule has 0 spiro atoms. The molecule has 2 aromatic rings. The minimum atomic E-state index is -4.19. The quantitative estimate of drug-likeness (QED) is 0.570. The number of nitrogens with zero attached hydrogens (tertiary/aromatic N) is 1. The minimum Gasteiger partial charge on any atom is -0.279 e. The van der Waals surface area contributed by atoms with Gasteiger partial charge in [-0.15, -0.1) is 0 Å². The fourth-order valence-electron chi connectivity index (χ4n) is 2.05. The highest BCUT2D eigenvalue weighted by molar-refractivity contribution is 9.10. The molecule has 0 saturated heterocycles. The van der Waals surface area contributed by atoms with Gasteiger partial charge in [0.25, 0.3) is 10.0 Å². The summed E-state index contributed by atoms with van der Waals surface area (Å²) < 4.78 is 27.7. The minimum absolute atomic E-state index is 0.00863. The first-order valence-electron chi connectivity index (χ1n) is 6.59. The topological polar surface area (TPSA) is 54.5 Å². The second kappa shape index (κ2) is 7.62. The van der Waals surface area contributed by atoms with E-state index < -0.39 is 21.3 Å². The van der Waals surface area contributed by atoms with E-state index in [2.05, 4.69) is 15.9 Å². The van der Waals surface area contributed by atoms with Crippen LogP contribution in [0.4, 0.5) is 5.69 Å². The zero-order valence-electron chi connectivity index (χ0n) is 12.2. The summed E-state index contributed by atoms with van der Waals surface area (Å²) in [6, 6.07) is 9.51. The summed E-state index contributed by atoms with van der Waals surface area (Å²) in [6.07, 6.45) is 0. The van der Waals surface area contributed by atoms with Crippen molar-refractivity contribution in [3.05, 3.63) is 57.0 Å². The Balaban J connectivity index is 2.73. The lowest BCUT2D eigenvalue weighted by atomic mass is 10.3. The van der Waals surface area contributed by atoms with Gasteiger partial charge in [-0.1, -0.05) is 35.3 Å². The molecule has 0 amide bonds. The number of halogens is 4. The van der Waals surface area contributed by atoms with Gasteiger partial charge < -0.3 is 0 Å². The predicted octanol–water partition coefficient (Wildman–Crippen LogP) is 5.11. The molecule has 0 aliphatic carbocycles. The molecular formula is C15H11BrCl3NO3S. The Kier molecular flexibility index (Phi) is 6.20. The van der Waals surface area contributed by atoms with Gasteiger partial charge in [-0.3, -0.25) is 9.10 Å². The number of sulfonamides is 1. The molecule has 4 nitrogen and oxygen atoms in total. The van der Waals surface area contributed by atoms with Crippen LogP contribution >= 0.6 is 50.7 Å². The average molecular weight is 472 g/mol. The van der Waals surface area contributed by atoms with Gasteiger partial charge in [0, 0.05) is 9.50 Å². The average Bonchev–Trinajstić information content (AvgIpc) is 2.51. The number of carbonyl (C=O) groups is 1. The van der Waals surface area contributed by atoms with Crippen LogP contribution < -0.4 is 4.31 Å². The Labute approximate surface area is 163 Å². The van der Waals surface area contributed by atoms with Gasteiger partial charge in [-0.25, -0.2) is 8.42 Å². The Hall–Kier alpha value is -0.790. The Morgan fingerprint density at radius 1 is 1.17 bits per heavy atom. The Bertz CT molecular complexity index is 889. The predicted molar refractivity (Wildman–Crippen MR) is 101 cm³/mol. The van der Waals surface area contributed by atoms with Crippen LogP contribution in [0.3, 0.4) is 0 Å². The van der Waals surface area contributed by atoms with Crippen molar-refractivity contribution in [3.63, 3.8) is 0 Å². The molecule has 0 aliphatic heterocycles. The Morgan fingerprint density at radius 2 is 1.79 bits per heavy atom. The molecule has 2 aromatic carbocycles. The first-order valence-corrected chi connectivity index (χ1v) is 9.96. The standard InChI is InChI=1S/C15H11BrCl3NO3S/c1-9(15(19)21)20(13-5-3-2-4-11(13)16)24(22,23)14-8-10(17)6-7-12(14)18/h2-9H,1H3. The fraction of sp³-hybridized carbons (Fsp3) is 0.133. The first-order chi connectivity index (χ1) is 11.2. The molecule has 0 N–H and O–H groups in total. The SMILES string of the molecule is CC(C(=O)Cl)N(c1ccccc1Br)S(=O)(=O)c1cc(Cl)ccc1Cl. The highest BCUT2D eigenvalue weighted by Gasteiger charge is 2.35. The summed E-state index contributed by atoms with van der Waals surface area (Å²) in [7, 11) is -4.19. The Morgan fingerprint density at radius 3 is 2.38 bits per heavy atom. The highest BCUT2D eigenvalue weighted by Crippen LogP contribution is 2.35. The second-order valence-corrected chi connectivity index (χ2v) is 8.66. The third kappa shape index (κ3) is 3.89.